The Hall–Kier alpha value is -1.04. The summed E-state index contributed by atoms with van der Waals surface area (Å²) in [6, 6.07) is 7.37. The smallest absolute Gasteiger partial charge is 0.243 e. The molecule has 2 heterocycles. The molecule has 0 spiro atoms. The van der Waals surface area contributed by atoms with Gasteiger partial charge in [-0.05, 0) is 12.1 Å². The van der Waals surface area contributed by atoms with Crippen LogP contribution in [0.5, 0.6) is 11.6 Å². The predicted molar refractivity (Wildman–Crippen MR) is 77.2 cm³/mol. The van der Waals surface area contributed by atoms with Crippen molar-refractivity contribution in [3.63, 3.8) is 0 Å². The fraction of sp³-hybridized carbons (Fsp3) is 0.0833. The largest absolute Gasteiger partial charge is 0.436 e. The molecule has 0 unspecified atom stereocenters. The molecule has 0 saturated carbocycles. The Labute approximate surface area is 121 Å². The number of aromatic nitrogens is 2. The average molecular weight is 344 g/mol. The SMILES string of the molecule is Clc1ccccc1Oc1nc2sccn2c1CBr. The van der Waals surface area contributed by atoms with E-state index in [1.165, 1.54) is 0 Å². The van der Waals surface area contributed by atoms with E-state index in [1.54, 1.807) is 17.4 Å². The molecule has 0 N–H and O–H groups in total. The monoisotopic (exact) mass is 342 g/mol. The van der Waals surface area contributed by atoms with E-state index in [2.05, 4.69) is 20.9 Å². The van der Waals surface area contributed by atoms with Crippen molar-refractivity contribution in [2.75, 3.05) is 0 Å². The Balaban J connectivity index is 2.04. The standard InChI is InChI=1S/C12H8BrClN2OS/c13-7-9-11(15-12-16(9)5-6-18-12)17-10-4-2-1-3-8(10)14/h1-6H,7H2. The second-order valence-electron chi connectivity index (χ2n) is 3.59. The van der Waals surface area contributed by atoms with E-state index in [0.29, 0.717) is 22.0 Å². The van der Waals surface area contributed by atoms with Crippen molar-refractivity contribution in [3.8, 4) is 11.6 Å². The van der Waals surface area contributed by atoms with Gasteiger partial charge in [0.05, 0.1) is 10.7 Å². The molecule has 1 aromatic carbocycles. The first-order valence-corrected chi connectivity index (χ1v) is 7.60. The minimum absolute atomic E-state index is 0.578. The van der Waals surface area contributed by atoms with E-state index in [9.17, 15) is 0 Å². The Kier molecular flexibility index (Phi) is 3.28. The molecule has 92 valence electrons. The van der Waals surface area contributed by atoms with Gasteiger partial charge in [-0.15, -0.1) is 11.3 Å². The van der Waals surface area contributed by atoms with Crippen LogP contribution in [0.25, 0.3) is 4.96 Å². The maximum atomic E-state index is 6.07. The van der Waals surface area contributed by atoms with E-state index in [4.69, 9.17) is 16.3 Å². The molecule has 0 saturated heterocycles. The number of fused-ring (bicyclic) bond motifs is 1. The van der Waals surface area contributed by atoms with Crippen LogP contribution >= 0.6 is 38.9 Å². The van der Waals surface area contributed by atoms with Crippen LogP contribution < -0.4 is 4.74 Å². The van der Waals surface area contributed by atoms with E-state index >= 15 is 0 Å². The molecule has 6 heteroatoms. The Morgan fingerprint density at radius 1 is 1.39 bits per heavy atom. The maximum Gasteiger partial charge on any atom is 0.243 e. The van der Waals surface area contributed by atoms with Crippen molar-refractivity contribution >= 4 is 43.8 Å². The number of hydrogen-bond acceptors (Lipinski definition) is 3. The van der Waals surface area contributed by atoms with Gasteiger partial charge in [0.15, 0.2) is 4.96 Å². The number of halogens is 2. The lowest BCUT2D eigenvalue weighted by Gasteiger charge is -2.05. The highest BCUT2D eigenvalue weighted by Crippen LogP contribution is 2.32. The molecule has 0 atom stereocenters. The average Bonchev–Trinajstić information content (AvgIpc) is 2.92. The summed E-state index contributed by atoms with van der Waals surface area (Å²) in [6.07, 6.45) is 1.98. The highest BCUT2D eigenvalue weighted by molar-refractivity contribution is 9.08. The molecule has 2 aromatic heterocycles. The lowest BCUT2D eigenvalue weighted by Crippen LogP contribution is -1.91. The van der Waals surface area contributed by atoms with Gasteiger partial charge in [0.1, 0.15) is 5.75 Å². The highest BCUT2D eigenvalue weighted by Gasteiger charge is 2.15. The maximum absolute atomic E-state index is 6.07. The lowest BCUT2D eigenvalue weighted by molar-refractivity contribution is 0.462. The third-order valence-corrected chi connectivity index (χ3v) is 4.09. The van der Waals surface area contributed by atoms with Crippen molar-refractivity contribution in [1.82, 2.24) is 9.38 Å². The summed E-state index contributed by atoms with van der Waals surface area (Å²) in [5, 5.41) is 3.24. The van der Waals surface area contributed by atoms with Crippen LogP contribution in [-0.2, 0) is 5.33 Å². The summed E-state index contributed by atoms with van der Waals surface area (Å²) < 4.78 is 7.79. The van der Waals surface area contributed by atoms with Gasteiger partial charge in [-0.2, -0.15) is 4.98 Å². The minimum Gasteiger partial charge on any atom is -0.436 e. The van der Waals surface area contributed by atoms with Gasteiger partial charge in [-0.1, -0.05) is 39.7 Å². The number of benzene rings is 1. The molecule has 0 fully saturated rings. The number of nitrogens with zero attached hydrogens (tertiary/aromatic N) is 2. The van der Waals surface area contributed by atoms with Gasteiger partial charge in [-0.25, -0.2) is 0 Å². The van der Waals surface area contributed by atoms with Crippen molar-refractivity contribution in [1.29, 1.82) is 0 Å². The summed E-state index contributed by atoms with van der Waals surface area (Å²) in [5.74, 6) is 1.21. The Bertz CT molecular complexity index is 694. The summed E-state index contributed by atoms with van der Waals surface area (Å²) in [4.78, 5) is 5.36. The van der Waals surface area contributed by atoms with Crippen LogP contribution in [0.2, 0.25) is 5.02 Å². The van der Waals surface area contributed by atoms with Crippen molar-refractivity contribution < 1.29 is 4.74 Å². The number of thiazole rings is 1. The molecule has 0 bridgehead atoms. The predicted octanol–water partition coefficient (Wildman–Crippen LogP) is 4.74. The summed E-state index contributed by atoms with van der Waals surface area (Å²) in [6.45, 7) is 0. The summed E-state index contributed by atoms with van der Waals surface area (Å²) in [7, 11) is 0. The molecule has 18 heavy (non-hydrogen) atoms. The molecule has 0 aliphatic rings. The molecule has 0 radical (unpaired) electrons. The summed E-state index contributed by atoms with van der Waals surface area (Å²) in [5.41, 5.74) is 0.978. The van der Waals surface area contributed by atoms with Crippen LogP contribution in [0, 0.1) is 0 Å². The first-order chi connectivity index (χ1) is 8.79. The second kappa shape index (κ2) is 4.91. The Morgan fingerprint density at radius 3 is 3.00 bits per heavy atom. The zero-order valence-corrected chi connectivity index (χ0v) is 12.3. The van der Waals surface area contributed by atoms with Crippen molar-refractivity contribution in [2.24, 2.45) is 0 Å². The fourth-order valence-corrected chi connectivity index (χ4v) is 3.06. The van der Waals surface area contributed by atoms with Gasteiger partial charge < -0.3 is 4.74 Å². The molecule has 3 nitrogen and oxygen atoms in total. The topological polar surface area (TPSA) is 26.5 Å². The zero-order chi connectivity index (χ0) is 12.5. The molecular weight excluding hydrogens is 336 g/mol. The van der Waals surface area contributed by atoms with E-state index < -0.39 is 0 Å². The number of imidazole rings is 1. The van der Waals surface area contributed by atoms with Crippen LogP contribution in [0.15, 0.2) is 35.8 Å². The van der Waals surface area contributed by atoms with Gasteiger partial charge in [0, 0.05) is 16.9 Å². The molecule has 0 aliphatic heterocycles. The van der Waals surface area contributed by atoms with Crippen LogP contribution in [0.4, 0.5) is 0 Å². The van der Waals surface area contributed by atoms with Gasteiger partial charge in [0.2, 0.25) is 5.88 Å². The first-order valence-electron chi connectivity index (χ1n) is 5.22. The number of hydrogen-bond donors (Lipinski definition) is 0. The molecular formula is C12H8BrClN2OS. The van der Waals surface area contributed by atoms with Gasteiger partial charge in [0.25, 0.3) is 0 Å². The number of ether oxygens (including phenoxy) is 1. The van der Waals surface area contributed by atoms with Crippen LogP contribution in [-0.4, -0.2) is 9.38 Å². The summed E-state index contributed by atoms with van der Waals surface area (Å²) >= 11 is 11.1. The van der Waals surface area contributed by atoms with Crippen LogP contribution in [0.1, 0.15) is 5.69 Å². The number of para-hydroxylation sites is 1. The van der Waals surface area contributed by atoms with Crippen molar-refractivity contribution in [2.45, 2.75) is 5.33 Å². The van der Waals surface area contributed by atoms with Gasteiger partial charge in [-0.3, -0.25) is 4.40 Å². The number of alkyl halides is 1. The number of rotatable bonds is 3. The third kappa shape index (κ3) is 2.02. The third-order valence-electron chi connectivity index (χ3n) is 2.49. The van der Waals surface area contributed by atoms with Crippen LogP contribution in [0.3, 0.4) is 0 Å². The Morgan fingerprint density at radius 2 is 2.22 bits per heavy atom. The zero-order valence-electron chi connectivity index (χ0n) is 9.14. The lowest BCUT2D eigenvalue weighted by atomic mass is 10.3. The molecule has 0 amide bonds. The molecule has 0 aliphatic carbocycles. The quantitative estimate of drug-likeness (QED) is 0.642. The van der Waals surface area contributed by atoms with E-state index in [-0.39, 0.29) is 0 Å². The van der Waals surface area contributed by atoms with E-state index in [0.717, 1.165) is 10.7 Å². The van der Waals surface area contributed by atoms with Gasteiger partial charge >= 0.3 is 0 Å². The molecule has 3 rings (SSSR count). The first kappa shape index (κ1) is 12.0. The molecule has 3 aromatic rings. The fourth-order valence-electron chi connectivity index (χ4n) is 1.65. The normalized spacial score (nSPS) is 11.0. The second-order valence-corrected chi connectivity index (χ2v) is 5.43. The minimum atomic E-state index is 0.578. The highest BCUT2D eigenvalue weighted by atomic mass is 79.9. The van der Waals surface area contributed by atoms with E-state index in [1.807, 2.05) is 34.2 Å². The van der Waals surface area contributed by atoms with Crippen molar-refractivity contribution in [3.05, 3.63) is 46.6 Å².